The maximum Gasteiger partial charge on any atom is 0.337 e. The number of nitrogens with zero attached hydrogens (tertiary/aromatic N) is 2. The summed E-state index contributed by atoms with van der Waals surface area (Å²) in [5, 5.41) is 10.1. The molecule has 0 spiro atoms. The molecule has 1 aliphatic rings. The van der Waals surface area contributed by atoms with Crippen LogP contribution in [0.15, 0.2) is 64.4 Å². The molecule has 0 N–H and O–H groups in total. The van der Waals surface area contributed by atoms with E-state index in [0.29, 0.717) is 17.7 Å². The minimum atomic E-state index is -0.418. The second-order valence-electron chi connectivity index (χ2n) is 6.30. The number of carbonyl (C=O) groups excluding carboxylic acids is 2. The highest BCUT2D eigenvalue weighted by Gasteiger charge is 2.34. The molecule has 3 aromatic rings. The first-order valence-electron chi connectivity index (χ1n) is 8.93. The molecule has 3 heterocycles. The van der Waals surface area contributed by atoms with Crippen LogP contribution in [0, 0.1) is 0 Å². The summed E-state index contributed by atoms with van der Waals surface area (Å²) in [6.45, 7) is -0.138. The smallest absolute Gasteiger partial charge is 0.337 e. The Hall–Kier alpha value is -2.97. The van der Waals surface area contributed by atoms with Gasteiger partial charge in [-0.2, -0.15) is 5.10 Å². The molecule has 0 bridgehead atoms. The third kappa shape index (κ3) is 4.23. The largest absolute Gasteiger partial charge is 0.484 e. The van der Waals surface area contributed by atoms with Crippen molar-refractivity contribution in [3.05, 3.63) is 74.6 Å². The summed E-state index contributed by atoms with van der Waals surface area (Å²) in [6.07, 6.45) is 0.681. The fourth-order valence-electron chi connectivity index (χ4n) is 3.05. The maximum absolute atomic E-state index is 12.9. The van der Waals surface area contributed by atoms with Gasteiger partial charge in [-0.05, 0) is 47.2 Å². The van der Waals surface area contributed by atoms with Crippen LogP contribution in [-0.2, 0) is 9.53 Å². The molecule has 0 aliphatic carbocycles. The summed E-state index contributed by atoms with van der Waals surface area (Å²) in [4.78, 5) is 26.6. The van der Waals surface area contributed by atoms with E-state index in [4.69, 9.17) is 4.74 Å². The molecule has 8 heteroatoms. The first-order valence-corrected chi connectivity index (χ1v) is 10.7. The topological polar surface area (TPSA) is 68.2 Å². The summed E-state index contributed by atoms with van der Waals surface area (Å²) < 4.78 is 10.3. The van der Waals surface area contributed by atoms with Gasteiger partial charge in [0.1, 0.15) is 5.75 Å². The SMILES string of the molecule is COC(=O)c1ccc(OCC(=O)N2N=C(c3cccs3)CC2c2cccs2)cc1. The van der Waals surface area contributed by atoms with E-state index in [1.807, 2.05) is 35.0 Å². The summed E-state index contributed by atoms with van der Waals surface area (Å²) >= 11 is 3.23. The Bertz CT molecular complexity index is 1010. The molecule has 0 fully saturated rings. The molecule has 0 saturated carbocycles. The predicted molar refractivity (Wildman–Crippen MR) is 113 cm³/mol. The molecule has 1 aromatic carbocycles. The molecular formula is C21H18N2O4S2. The molecule has 1 unspecified atom stereocenters. The lowest BCUT2D eigenvalue weighted by atomic mass is 10.1. The van der Waals surface area contributed by atoms with Crippen LogP contribution in [-0.4, -0.2) is 36.3 Å². The Morgan fingerprint density at radius 2 is 1.86 bits per heavy atom. The highest BCUT2D eigenvalue weighted by molar-refractivity contribution is 7.12. The van der Waals surface area contributed by atoms with E-state index in [1.54, 1.807) is 46.9 Å². The van der Waals surface area contributed by atoms with E-state index in [0.717, 1.165) is 15.5 Å². The zero-order valence-corrected chi connectivity index (χ0v) is 17.2. The standard InChI is InChI=1S/C21H18N2O4S2/c1-26-21(25)14-6-8-15(9-7-14)27-13-20(24)23-17(19-5-3-11-29-19)12-16(22-23)18-4-2-10-28-18/h2-11,17H,12-13H2,1H3. The van der Waals surface area contributed by atoms with Gasteiger partial charge in [0, 0.05) is 11.3 Å². The molecule has 29 heavy (non-hydrogen) atoms. The Labute approximate surface area is 176 Å². The third-order valence-electron chi connectivity index (χ3n) is 4.48. The van der Waals surface area contributed by atoms with Crippen LogP contribution in [0.1, 0.15) is 32.6 Å². The lowest BCUT2D eigenvalue weighted by molar-refractivity contribution is -0.135. The summed E-state index contributed by atoms with van der Waals surface area (Å²) in [5.74, 6) is -0.133. The van der Waals surface area contributed by atoms with Crippen LogP contribution >= 0.6 is 22.7 Å². The van der Waals surface area contributed by atoms with E-state index >= 15 is 0 Å². The number of methoxy groups -OCH3 is 1. The van der Waals surface area contributed by atoms with Crippen LogP contribution in [0.5, 0.6) is 5.75 Å². The second kappa shape index (κ2) is 8.59. The Morgan fingerprint density at radius 1 is 1.10 bits per heavy atom. The fraction of sp³-hybridized carbons (Fsp3) is 0.190. The van der Waals surface area contributed by atoms with Gasteiger partial charge in [0.2, 0.25) is 0 Å². The number of hydrogen-bond acceptors (Lipinski definition) is 7. The lowest BCUT2D eigenvalue weighted by Crippen LogP contribution is -2.31. The van der Waals surface area contributed by atoms with Crippen LogP contribution in [0.2, 0.25) is 0 Å². The number of hydrazone groups is 1. The van der Waals surface area contributed by atoms with Crippen molar-refractivity contribution >= 4 is 40.3 Å². The molecule has 6 nitrogen and oxygen atoms in total. The van der Waals surface area contributed by atoms with Crippen LogP contribution < -0.4 is 4.74 Å². The lowest BCUT2D eigenvalue weighted by Gasteiger charge is -2.20. The maximum atomic E-state index is 12.9. The van der Waals surface area contributed by atoms with Crippen molar-refractivity contribution in [3.63, 3.8) is 0 Å². The monoisotopic (exact) mass is 426 g/mol. The van der Waals surface area contributed by atoms with Gasteiger partial charge in [-0.25, -0.2) is 9.80 Å². The highest BCUT2D eigenvalue weighted by atomic mass is 32.1. The van der Waals surface area contributed by atoms with E-state index < -0.39 is 5.97 Å². The summed E-state index contributed by atoms with van der Waals surface area (Å²) in [6, 6.07) is 14.4. The van der Waals surface area contributed by atoms with Crippen molar-refractivity contribution in [1.29, 1.82) is 0 Å². The van der Waals surface area contributed by atoms with Gasteiger partial charge < -0.3 is 9.47 Å². The number of thiophene rings is 2. The van der Waals surface area contributed by atoms with E-state index in [2.05, 4.69) is 9.84 Å². The predicted octanol–water partition coefficient (Wildman–Crippen LogP) is 4.35. The summed E-state index contributed by atoms with van der Waals surface area (Å²) in [5.41, 5.74) is 1.34. The van der Waals surface area contributed by atoms with E-state index in [9.17, 15) is 9.59 Å². The molecule has 4 rings (SSSR count). The Balaban J connectivity index is 1.47. The normalized spacial score (nSPS) is 15.8. The van der Waals surface area contributed by atoms with Crippen LogP contribution in [0.4, 0.5) is 0 Å². The number of esters is 1. The van der Waals surface area contributed by atoms with Gasteiger partial charge in [-0.1, -0.05) is 12.1 Å². The molecule has 1 amide bonds. The van der Waals surface area contributed by atoms with Gasteiger partial charge >= 0.3 is 5.97 Å². The van der Waals surface area contributed by atoms with Crippen molar-refractivity contribution in [2.45, 2.75) is 12.5 Å². The average molecular weight is 427 g/mol. The van der Waals surface area contributed by atoms with E-state index in [-0.39, 0.29) is 18.6 Å². The first kappa shape index (κ1) is 19.4. The van der Waals surface area contributed by atoms with Crippen molar-refractivity contribution in [2.24, 2.45) is 5.10 Å². The number of hydrogen-bond donors (Lipinski definition) is 0. The van der Waals surface area contributed by atoms with Gasteiger partial charge in [0.05, 0.1) is 29.3 Å². The molecule has 0 saturated heterocycles. The van der Waals surface area contributed by atoms with Crippen molar-refractivity contribution in [3.8, 4) is 5.75 Å². The molecule has 2 aromatic heterocycles. The van der Waals surface area contributed by atoms with E-state index in [1.165, 1.54) is 12.1 Å². The van der Waals surface area contributed by atoms with Crippen molar-refractivity contribution in [1.82, 2.24) is 5.01 Å². The quantitative estimate of drug-likeness (QED) is 0.550. The van der Waals surface area contributed by atoms with Gasteiger partial charge in [0.25, 0.3) is 5.91 Å². The van der Waals surface area contributed by atoms with Gasteiger partial charge in [0.15, 0.2) is 6.61 Å². The third-order valence-corrected chi connectivity index (χ3v) is 6.37. The minimum Gasteiger partial charge on any atom is -0.484 e. The van der Waals surface area contributed by atoms with Crippen LogP contribution in [0.3, 0.4) is 0 Å². The highest BCUT2D eigenvalue weighted by Crippen LogP contribution is 2.35. The second-order valence-corrected chi connectivity index (χ2v) is 8.23. The molecular weight excluding hydrogens is 408 g/mol. The molecule has 1 atom stereocenters. The minimum absolute atomic E-state index is 0.120. The van der Waals surface area contributed by atoms with Crippen molar-refractivity contribution < 1.29 is 19.1 Å². The van der Waals surface area contributed by atoms with Gasteiger partial charge in [-0.15, -0.1) is 22.7 Å². The Morgan fingerprint density at radius 3 is 2.52 bits per heavy atom. The van der Waals surface area contributed by atoms with Gasteiger partial charge in [-0.3, -0.25) is 4.79 Å². The zero-order chi connectivity index (χ0) is 20.2. The molecule has 0 radical (unpaired) electrons. The fourth-order valence-corrected chi connectivity index (χ4v) is 4.58. The van der Waals surface area contributed by atoms with Crippen LogP contribution in [0.25, 0.3) is 0 Å². The number of carbonyl (C=O) groups is 2. The Kier molecular flexibility index (Phi) is 5.73. The number of rotatable bonds is 6. The summed E-state index contributed by atoms with van der Waals surface area (Å²) in [7, 11) is 1.33. The molecule has 1 aliphatic heterocycles. The first-order chi connectivity index (χ1) is 14.2. The number of ether oxygens (including phenoxy) is 2. The average Bonchev–Trinajstić information content (AvgIpc) is 3.51. The van der Waals surface area contributed by atoms with Crippen molar-refractivity contribution in [2.75, 3.05) is 13.7 Å². The number of benzene rings is 1. The zero-order valence-electron chi connectivity index (χ0n) is 15.6. The molecule has 148 valence electrons. The number of amides is 1.